The molecule has 30 heavy (non-hydrogen) atoms. The summed E-state index contributed by atoms with van der Waals surface area (Å²) >= 11 is 1.91. The van der Waals surface area contributed by atoms with Crippen molar-refractivity contribution in [3.8, 4) is 0 Å². The van der Waals surface area contributed by atoms with Gasteiger partial charge in [-0.3, -0.25) is 9.10 Å². The van der Waals surface area contributed by atoms with E-state index in [1.54, 1.807) is 48.5 Å². The van der Waals surface area contributed by atoms with Crippen LogP contribution >= 0.6 is 11.8 Å². The topological polar surface area (TPSA) is 66.5 Å². The first kappa shape index (κ1) is 22.7. The average molecular weight is 447 g/mol. The van der Waals surface area contributed by atoms with E-state index in [0.29, 0.717) is 17.5 Å². The summed E-state index contributed by atoms with van der Waals surface area (Å²) in [5.74, 6) is 0.562. The van der Waals surface area contributed by atoms with Crippen molar-refractivity contribution in [2.24, 2.45) is 0 Å². The van der Waals surface area contributed by atoms with E-state index in [2.05, 4.69) is 5.32 Å². The van der Waals surface area contributed by atoms with Crippen LogP contribution < -0.4 is 9.62 Å². The molecule has 1 fully saturated rings. The number of carbonyl (C=O) groups excluding carboxylic acids is 1. The molecule has 0 atom stereocenters. The van der Waals surface area contributed by atoms with Crippen molar-refractivity contribution >= 4 is 33.4 Å². The molecule has 0 radical (unpaired) electrons. The maximum atomic E-state index is 13.3. The molecular weight excluding hydrogens is 416 g/mol. The number of amides is 1. The summed E-state index contributed by atoms with van der Waals surface area (Å²) in [6.07, 6.45) is 6.45. The maximum Gasteiger partial charge on any atom is 0.264 e. The van der Waals surface area contributed by atoms with Gasteiger partial charge < -0.3 is 5.32 Å². The van der Waals surface area contributed by atoms with Crippen LogP contribution in [0, 0.1) is 6.92 Å². The molecule has 3 rings (SSSR count). The lowest BCUT2D eigenvalue weighted by Crippen LogP contribution is -2.41. The molecule has 0 aromatic heterocycles. The van der Waals surface area contributed by atoms with Crippen LogP contribution in [0.4, 0.5) is 5.69 Å². The van der Waals surface area contributed by atoms with Crippen LogP contribution in [0.3, 0.4) is 0 Å². The van der Waals surface area contributed by atoms with Crippen molar-refractivity contribution in [2.75, 3.05) is 23.1 Å². The Balaban J connectivity index is 1.66. The number of nitrogens with one attached hydrogen (secondary N) is 1. The third kappa shape index (κ3) is 6.25. The van der Waals surface area contributed by atoms with Crippen molar-refractivity contribution in [3.63, 3.8) is 0 Å². The summed E-state index contributed by atoms with van der Waals surface area (Å²) < 4.78 is 27.7. The third-order valence-electron chi connectivity index (χ3n) is 5.24. The lowest BCUT2D eigenvalue weighted by Gasteiger charge is -2.24. The second kappa shape index (κ2) is 10.9. The summed E-state index contributed by atoms with van der Waals surface area (Å²) in [4.78, 5) is 12.8. The number of thioether (sulfide) groups is 1. The van der Waals surface area contributed by atoms with E-state index in [-0.39, 0.29) is 17.3 Å². The van der Waals surface area contributed by atoms with E-state index in [9.17, 15) is 13.2 Å². The minimum absolute atomic E-state index is 0.173. The molecule has 1 saturated carbocycles. The first-order valence-corrected chi connectivity index (χ1v) is 13.0. The third-order valence-corrected chi connectivity index (χ3v) is 8.41. The Labute approximate surface area is 184 Å². The second-order valence-electron chi connectivity index (χ2n) is 7.64. The summed E-state index contributed by atoms with van der Waals surface area (Å²) in [5.41, 5.74) is 1.43. The SMILES string of the molecule is Cc1cccc(N(CC(=O)NCCSC2CCCCC2)S(=O)(=O)c2ccccc2)c1. The molecule has 0 saturated heterocycles. The lowest BCUT2D eigenvalue weighted by molar-refractivity contribution is -0.119. The molecule has 2 aromatic carbocycles. The number of aryl methyl sites for hydroxylation is 1. The second-order valence-corrected chi connectivity index (χ2v) is 10.9. The van der Waals surface area contributed by atoms with Gasteiger partial charge in [-0.05, 0) is 49.6 Å². The Hall–Kier alpha value is -1.99. The van der Waals surface area contributed by atoms with E-state index in [0.717, 1.165) is 11.3 Å². The van der Waals surface area contributed by atoms with E-state index in [1.807, 2.05) is 24.8 Å². The number of hydrogen-bond acceptors (Lipinski definition) is 4. The van der Waals surface area contributed by atoms with Gasteiger partial charge in [-0.2, -0.15) is 11.8 Å². The van der Waals surface area contributed by atoms with Gasteiger partial charge in [-0.1, -0.05) is 49.6 Å². The molecule has 7 heteroatoms. The van der Waals surface area contributed by atoms with Gasteiger partial charge in [0.2, 0.25) is 5.91 Å². The van der Waals surface area contributed by atoms with Crippen LogP contribution in [-0.4, -0.2) is 38.4 Å². The van der Waals surface area contributed by atoms with Gasteiger partial charge in [0.1, 0.15) is 6.54 Å². The molecule has 0 spiro atoms. The fourth-order valence-electron chi connectivity index (χ4n) is 3.65. The number of carbonyl (C=O) groups is 1. The monoisotopic (exact) mass is 446 g/mol. The number of benzene rings is 2. The fourth-order valence-corrected chi connectivity index (χ4v) is 6.31. The minimum atomic E-state index is -3.85. The zero-order valence-electron chi connectivity index (χ0n) is 17.4. The Bertz CT molecular complexity index is 926. The number of sulfonamides is 1. The fraction of sp³-hybridized carbons (Fsp3) is 0.435. The van der Waals surface area contributed by atoms with Crippen LogP contribution in [0.15, 0.2) is 59.5 Å². The summed E-state index contributed by atoms with van der Waals surface area (Å²) in [6.45, 7) is 2.21. The standard InChI is InChI=1S/C23H30N2O3S2/c1-19-9-8-10-20(17-19)25(30(27,28)22-13-6-3-7-14-22)18-23(26)24-15-16-29-21-11-4-2-5-12-21/h3,6-10,13-14,17,21H,2,4-5,11-12,15-16,18H2,1H3,(H,24,26). The van der Waals surface area contributed by atoms with Crippen molar-refractivity contribution in [1.82, 2.24) is 5.32 Å². The lowest BCUT2D eigenvalue weighted by atomic mass is 10.0. The Kier molecular flexibility index (Phi) is 8.22. The summed E-state index contributed by atoms with van der Waals surface area (Å²) in [5, 5.41) is 3.59. The average Bonchev–Trinajstić information content (AvgIpc) is 2.76. The van der Waals surface area contributed by atoms with Gasteiger partial charge >= 0.3 is 0 Å². The molecule has 0 aliphatic heterocycles. The Morgan fingerprint density at radius 1 is 1.07 bits per heavy atom. The van der Waals surface area contributed by atoms with E-state index in [4.69, 9.17) is 0 Å². The molecule has 0 bridgehead atoms. The van der Waals surface area contributed by atoms with Gasteiger partial charge in [-0.15, -0.1) is 0 Å². The summed E-state index contributed by atoms with van der Waals surface area (Å²) in [7, 11) is -3.85. The van der Waals surface area contributed by atoms with Gasteiger partial charge in [0.05, 0.1) is 10.6 Å². The van der Waals surface area contributed by atoms with Gasteiger partial charge in [-0.25, -0.2) is 8.42 Å². The molecule has 5 nitrogen and oxygen atoms in total. The molecule has 2 aromatic rings. The largest absolute Gasteiger partial charge is 0.354 e. The van der Waals surface area contributed by atoms with Crippen LogP contribution in [0.1, 0.15) is 37.7 Å². The molecule has 1 N–H and O–H groups in total. The van der Waals surface area contributed by atoms with Crippen LogP contribution in [0.25, 0.3) is 0 Å². The smallest absolute Gasteiger partial charge is 0.264 e. The quantitative estimate of drug-likeness (QED) is 0.581. The highest BCUT2D eigenvalue weighted by Crippen LogP contribution is 2.28. The highest BCUT2D eigenvalue weighted by Gasteiger charge is 2.27. The predicted molar refractivity (Wildman–Crippen MR) is 124 cm³/mol. The number of rotatable bonds is 9. The zero-order chi connectivity index (χ0) is 21.4. The van der Waals surface area contributed by atoms with Crippen molar-refractivity contribution < 1.29 is 13.2 Å². The zero-order valence-corrected chi connectivity index (χ0v) is 19.1. The van der Waals surface area contributed by atoms with Crippen molar-refractivity contribution in [1.29, 1.82) is 0 Å². The van der Waals surface area contributed by atoms with Gasteiger partial charge in [0.25, 0.3) is 10.0 Å². The molecule has 1 aliphatic rings. The predicted octanol–water partition coefficient (Wildman–Crippen LogP) is 4.37. The molecule has 0 unspecified atom stereocenters. The molecular formula is C23H30N2O3S2. The van der Waals surface area contributed by atoms with Crippen LogP contribution in [0.5, 0.6) is 0 Å². The Morgan fingerprint density at radius 3 is 2.50 bits per heavy atom. The van der Waals surface area contributed by atoms with Crippen molar-refractivity contribution in [2.45, 2.75) is 49.2 Å². The minimum Gasteiger partial charge on any atom is -0.354 e. The number of hydrogen-bond donors (Lipinski definition) is 1. The first-order valence-electron chi connectivity index (χ1n) is 10.5. The van der Waals surface area contributed by atoms with Crippen molar-refractivity contribution in [3.05, 3.63) is 60.2 Å². The van der Waals surface area contributed by atoms with E-state index >= 15 is 0 Å². The molecule has 1 amide bonds. The highest BCUT2D eigenvalue weighted by molar-refractivity contribution is 7.99. The summed E-state index contributed by atoms with van der Waals surface area (Å²) in [6, 6.07) is 15.5. The highest BCUT2D eigenvalue weighted by atomic mass is 32.2. The number of nitrogens with zero attached hydrogens (tertiary/aromatic N) is 1. The maximum absolute atomic E-state index is 13.3. The molecule has 0 heterocycles. The van der Waals surface area contributed by atoms with E-state index < -0.39 is 10.0 Å². The van der Waals surface area contributed by atoms with E-state index in [1.165, 1.54) is 36.4 Å². The molecule has 162 valence electrons. The van der Waals surface area contributed by atoms with Crippen LogP contribution in [-0.2, 0) is 14.8 Å². The normalized spacial score (nSPS) is 15.0. The number of anilines is 1. The van der Waals surface area contributed by atoms with Crippen LogP contribution in [0.2, 0.25) is 0 Å². The Morgan fingerprint density at radius 2 is 1.80 bits per heavy atom. The molecule has 1 aliphatic carbocycles. The first-order chi connectivity index (χ1) is 14.5. The van der Waals surface area contributed by atoms with Gasteiger partial charge in [0, 0.05) is 17.5 Å². The van der Waals surface area contributed by atoms with Gasteiger partial charge in [0.15, 0.2) is 0 Å².